The summed E-state index contributed by atoms with van der Waals surface area (Å²) in [6.07, 6.45) is 0.409. The maximum Gasteiger partial charge on any atom is 0.301 e. The normalized spacial score (nSPS) is 21.0. The minimum absolute atomic E-state index is 0.161. The maximum atomic E-state index is 12.2. The summed E-state index contributed by atoms with van der Waals surface area (Å²) in [5.74, 6) is -1.07. The third-order valence-corrected chi connectivity index (χ3v) is 5.88. The molecule has 1 amide bonds. The molecule has 0 bridgehead atoms. The first kappa shape index (κ1) is 21.9. The number of ether oxygens (including phenoxy) is 2. The molecule has 1 saturated heterocycles. The van der Waals surface area contributed by atoms with Crippen LogP contribution < -0.4 is 14.2 Å². The van der Waals surface area contributed by atoms with Crippen molar-refractivity contribution in [2.24, 2.45) is 0 Å². The molecule has 3 atom stereocenters. The van der Waals surface area contributed by atoms with Gasteiger partial charge in [0.05, 0.1) is 31.2 Å². The smallest absolute Gasteiger partial charge is 0.301 e. The number of benzene rings is 1. The number of fused-ring (bicyclic) bond motifs is 1. The molecule has 3 heterocycles. The van der Waals surface area contributed by atoms with E-state index >= 15 is 0 Å². The van der Waals surface area contributed by atoms with Crippen LogP contribution in [0.2, 0.25) is 0 Å². The minimum atomic E-state index is -4.28. The molecule has 3 aromatic rings. The Labute approximate surface area is 182 Å². The predicted molar refractivity (Wildman–Crippen MR) is 109 cm³/mol. The molecule has 2 aromatic heterocycles. The fourth-order valence-corrected chi connectivity index (χ4v) is 4.14. The Morgan fingerprint density at radius 3 is 2.84 bits per heavy atom. The van der Waals surface area contributed by atoms with Crippen molar-refractivity contribution in [1.82, 2.24) is 29.0 Å². The van der Waals surface area contributed by atoms with Crippen LogP contribution in [0.5, 0.6) is 11.6 Å². The van der Waals surface area contributed by atoms with E-state index in [9.17, 15) is 23.4 Å². The summed E-state index contributed by atoms with van der Waals surface area (Å²) in [4.78, 5) is 24.5. The van der Waals surface area contributed by atoms with E-state index in [0.717, 1.165) is 0 Å². The third-order valence-electron chi connectivity index (χ3n) is 4.88. The number of nitrogens with zero attached hydrogens (tertiary/aromatic N) is 4. The van der Waals surface area contributed by atoms with E-state index < -0.39 is 34.6 Å². The lowest BCUT2D eigenvalue weighted by atomic mass is 10.2. The lowest BCUT2D eigenvalue weighted by Gasteiger charge is -2.17. The fraction of sp³-hybridized carbons (Fsp3) is 0.333. The van der Waals surface area contributed by atoms with Gasteiger partial charge in [-0.05, 0) is 12.1 Å². The molecule has 170 valence electrons. The number of aliphatic hydroxyl groups excluding tert-OH is 1. The Morgan fingerprint density at radius 2 is 2.09 bits per heavy atom. The van der Waals surface area contributed by atoms with E-state index in [4.69, 9.17) is 9.47 Å². The average molecular weight is 464 g/mol. The Balaban J connectivity index is 1.40. The zero-order chi connectivity index (χ0) is 22.9. The molecule has 0 unspecified atom stereocenters. The van der Waals surface area contributed by atoms with Crippen molar-refractivity contribution in [2.45, 2.75) is 24.9 Å². The highest BCUT2D eigenvalue weighted by Crippen LogP contribution is 2.31. The summed E-state index contributed by atoms with van der Waals surface area (Å²) >= 11 is 0. The van der Waals surface area contributed by atoms with Gasteiger partial charge in [0.2, 0.25) is 5.88 Å². The van der Waals surface area contributed by atoms with Gasteiger partial charge >= 0.3 is 10.2 Å². The molecule has 1 aliphatic heterocycles. The van der Waals surface area contributed by atoms with Crippen LogP contribution in [-0.2, 0) is 14.9 Å². The summed E-state index contributed by atoms with van der Waals surface area (Å²) in [7, 11) is -2.82. The maximum absolute atomic E-state index is 12.2. The van der Waals surface area contributed by atoms with Crippen LogP contribution in [0.1, 0.15) is 23.0 Å². The van der Waals surface area contributed by atoms with Gasteiger partial charge in [-0.25, -0.2) is 14.7 Å². The minimum Gasteiger partial charge on any atom is -0.507 e. The van der Waals surface area contributed by atoms with E-state index in [2.05, 4.69) is 19.7 Å². The number of rotatable bonds is 7. The first-order valence-corrected chi connectivity index (χ1v) is 10.9. The largest absolute Gasteiger partial charge is 0.507 e. The second kappa shape index (κ2) is 8.66. The number of phenols is 1. The van der Waals surface area contributed by atoms with Gasteiger partial charge in [-0.2, -0.15) is 18.1 Å². The van der Waals surface area contributed by atoms with Crippen molar-refractivity contribution in [3.05, 3.63) is 42.5 Å². The van der Waals surface area contributed by atoms with Crippen molar-refractivity contribution in [3.8, 4) is 11.6 Å². The summed E-state index contributed by atoms with van der Waals surface area (Å²) in [6.45, 7) is -0.300. The molecular formula is C18H20N6O7S. The second-order valence-electron chi connectivity index (χ2n) is 6.94. The number of methoxy groups -OCH3 is 1. The molecule has 0 saturated carbocycles. The van der Waals surface area contributed by atoms with Gasteiger partial charge in [0.15, 0.2) is 11.2 Å². The molecular weight excluding hydrogens is 444 g/mol. The number of hydrogen-bond acceptors (Lipinski definition) is 10. The number of phenolic OH excluding ortho intramolecular Hbond substituents is 1. The molecule has 0 aliphatic carbocycles. The van der Waals surface area contributed by atoms with Gasteiger partial charge in [-0.15, -0.1) is 0 Å². The number of amides is 1. The van der Waals surface area contributed by atoms with Crippen LogP contribution in [0.3, 0.4) is 0 Å². The molecule has 4 rings (SSSR count). The number of hydrogen-bond donors (Lipinski definition) is 4. The fourth-order valence-electron chi connectivity index (χ4n) is 3.33. The Hall–Kier alpha value is -3.33. The van der Waals surface area contributed by atoms with Crippen molar-refractivity contribution in [3.63, 3.8) is 0 Å². The van der Waals surface area contributed by atoms with Gasteiger partial charge in [0, 0.05) is 13.0 Å². The molecule has 14 heteroatoms. The third kappa shape index (κ3) is 4.34. The molecule has 1 aliphatic rings. The zero-order valence-corrected chi connectivity index (χ0v) is 17.6. The first-order chi connectivity index (χ1) is 15.3. The standard InChI is InChI=1S/C18H20N6O7S/c1-30-18-15-16(19-8-20-18)24(9-21-15)14-6-12(26)13(31-14)7-22-32(28,29)23-17(27)10-4-2-3-5-11(10)25/h2-5,8-9,12-14,22,25-26H,6-7H2,1H3,(H,23,27)/t12-,13+,14+/m0/s1. The van der Waals surface area contributed by atoms with Gasteiger partial charge < -0.3 is 19.7 Å². The SMILES string of the molecule is COc1ncnc2c1ncn2[C@H]1C[C@H](O)[C@@H](CNS(=O)(=O)NC(=O)c2ccccc2O)O1. The van der Waals surface area contributed by atoms with E-state index in [1.165, 1.54) is 44.0 Å². The first-order valence-electron chi connectivity index (χ1n) is 9.44. The Morgan fingerprint density at radius 1 is 1.31 bits per heavy atom. The van der Waals surface area contributed by atoms with Crippen LogP contribution in [0.4, 0.5) is 0 Å². The Bertz CT molecular complexity index is 1250. The lowest BCUT2D eigenvalue weighted by molar-refractivity contribution is -0.0133. The molecule has 4 N–H and O–H groups in total. The van der Waals surface area contributed by atoms with E-state index in [0.29, 0.717) is 11.2 Å². The number of carbonyl (C=O) groups is 1. The predicted octanol–water partition coefficient (Wildman–Crippen LogP) is -0.547. The quantitative estimate of drug-likeness (QED) is 0.355. The molecule has 32 heavy (non-hydrogen) atoms. The molecule has 0 radical (unpaired) electrons. The summed E-state index contributed by atoms with van der Waals surface area (Å²) < 4.78 is 41.0. The van der Waals surface area contributed by atoms with E-state index in [1.807, 2.05) is 0 Å². The monoisotopic (exact) mass is 464 g/mol. The van der Waals surface area contributed by atoms with Gasteiger partial charge in [0.25, 0.3) is 5.91 Å². The summed E-state index contributed by atoms with van der Waals surface area (Å²) in [5, 5.41) is 20.0. The van der Waals surface area contributed by atoms with Gasteiger partial charge in [-0.3, -0.25) is 9.36 Å². The molecule has 1 fully saturated rings. The number of imidazole rings is 1. The van der Waals surface area contributed by atoms with Gasteiger partial charge in [-0.1, -0.05) is 12.1 Å². The Kier molecular flexibility index (Phi) is 5.92. The molecule has 0 spiro atoms. The van der Waals surface area contributed by atoms with Crippen molar-refractivity contribution >= 4 is 27.3 Å². The van der Waals surface area contributed by atoms with Crippen LogP contribution in [0, 0.1) is 0 Å². The highest BCUT2D eigenvalue weighted by Gasteiger charge is 2.36. The van der Waals surface area contributed by atoms with Crippen LogP contribution in [0.25, 0.3) is 11.2 Å². The van der Waals surface area contributed by atoms with Crippen LogP contribution in [-0.4, -0.2) is 69.9 Å². The van der Waals surface area contributed by atoms with Crippen molar-refractivity contribution in [1.29, 1.82) is 0 Å². The van der Waals surface area contributed by atoms with Crippen LogP contribution >= 0.6 is 0 Å². The molecule has 13 nitrogen and oxygen atoms in total. The lowest BCUT2D eigenvalue weighted by Crippen LogP contribution is -2.44. The summed E-state index contributed by atoms with van der Waals surface area (Å²) in [6, 6.07) is 5.53. The average Bonchev–Trinajstić information content (AvgIpc) is 3.35. The zero-order valence-electron chi connectivity index (χ0n) is 16.7. The number of aliphatic hydroxyl groups is 1. The number of aromatic nitrogens is 4. The van der Waals surface area contributed by atoms with Gasteiger partial charge in [0.1, 0.15) is 18.3 Å². The summed E-state index contributed by atoms with van der Waals surface area (Å²) in [5.41, 5.74) is 0.661. The van der Waals surface area contributed by atoms with Crippen molar-refractivity contribution in [2.75, 3.05) is 13.7 Å². The number of nitrogens with one attached hydrogen (secondary N) is 2. The number of aromatic hydroxyl groups is 1. The number of para-hydroxylation sites is 1. The van der Waals surface area contributed by atoms with Crippen molar-refractivity contribution < 1.29 is 32.9 Å². The number of carbonyl (C=O) groups excluding carboxylic acids is 1. The highest BCUT2D eigenvalue weighted by molar-refractivity contribution is 7.88. The topological polar surface area (TPSA) is 178 Å². The highest BCUT2D eigenvalue weighted by atomic mass is 32.2. The molecule has 1 aromatic carbocycles. The van der Waals surface area contributed by atoms with Crippen LogP contribution in [0.15, 0.2) is 36.9 Å². The second-order valence-corrected chi connectivity index (χ2v) is 8.44. The van der Waals surface area contributed by atoms with E-state index in [1.54, 1.807) is 9.29 Å². The van der Waals surface area contributed by atoms with E-state index in [-0.39, 0.29) is 30.2 Å².